The molecule has 7 heteroatoms. The molecule has 0 saturated heterocycles. The Labute approximate surface area is 103 Å². The summed E-state index contributed by atoms with van der Waals surface area (Å²) in [5.41, 5.74) is 0.288. The Kier molecular flexibility index (Phi) is 2.58. The van der Waals surface area contributed by atoms with Gasteiger partial charge in [0.05, 0.1) is 6.20 Å². The van der Waals surface area contributed by atoms with Crippen molar-refractivity contribution in [3.05, 3.63) is 23.7 Å². The van der Waals surface area contributed by atoms with E-state index in [0.29, 0.717) is 17.5 Å². The molecule has 1 amide bonds. The maximum Gasteiger partial charge on any atom is 0.279 e. The average molecular weight is 247 g/mol. The van der Waals surface area contributed by atoms with Gasteiger partial charge in [-0.3, -0.25) is 9.48 Å². The van der Waals surface area contributed by atoms with Crippen LogP contribution in [0.15, 0.2) is 16.8 Å². The van der Waals surface area contributed by atoms with Crippen LogP contribution in [0.25, 0.3) is 0 Å². The van der Waals surface area contributed by atoms with E-state index in [1.807, 2.05) is 0 Å². The fourth-order valence-electron chi connectivity index (χ4n) is 1.66. The van der Waals surface area contributed by atoms with Crippen LogP contribution in [-0.2, 0) is 6.54 Å². The average Bonchev–Trinajstić information content (AvgIpc) is 2.85. The number of aromatic nitrogens is 4. The molecule has 0 bridgehead atoms. The quantitative estimate of drug-likeness (QED) is 0.878. The number of carbonyl (C=O) groups is 1. The SMILES string of the molecule is Cc1cc(NC(=O)c2cn(CC3CC3)nn2)no1. The standard InChI is InChI=1S/C11H13N5O2/c1-7-4-10(14-18-7)12-11(17)9-6-16(15-13-9)5-8-2-3-8/h4,6,8H,2-3,5H2,1H3,(H,12,14,17). The van der Waals surface area contributed by atoms with Crippen molar-refractivity contribution in [2.24, 2.45) is 5.92 Å². The van der Waals surface area contributed by atoms with Crippen molar-refractivity contribution in [3.63, 3.8) is 0 Å². The van der Waals surface area contributed by atoms with Crippen molar-refractivity contribution in [2.75, 3.05) is 5.32 Å². The Morgan fingerprint density at radius 1 is 1.61 bits per heavy atom. The van der Waals surface area contributed by atoms with Gasteiger partial charge in [-0.15, -0.1) is 5.10 Å². The zero-order valence-corrected chi connectivity index (χ0v) is 9.96. The maximum atomic E-state index is 11.8. The Morgan fingerprint density at radius 2 is 2.44 bits per heavy atom. The number of nitrogens with one attached hydrogen (secondary N) is 1. The summed E-state index contributed by atoms with van der Waals surface area (Å²) < 4.78 is 6.57. The topological polar surface area (TPSA) is 85.8 Å². The van der Waals surface area contributed by atoms with Crippen LogP contribution in [-0.4, -0.2) is 26.1 Å². The zero-order valence-electron chi connectivity index (χ0n) is 9.96. The van der Waals surface area contributed by atoms with E-state index in [1.54, 1.807) is 23.9 Å². The number of amides is 1. The van der Waals surface area contributed by atoms with Gasteiger partial charge in [0.1, 0.15) is 5.76 Å². The molecule has 1 saturated carbocycles. The second-order valence-electron chi connectivity index (χ2n) is 4.55. The molecule has 2 aromatic rings. The number of rotatable bonds is 4. The Bertz CT molecular complexity index is 570. The van der Waals surface area contributed by atoms with E-state index in [4.69, 9.17) is 4.52 Å². The summed E-state index contributed by atoms with van der Waals surface area (Å²) in [6, 6.07) is 1.65. The van der Waals surface area contributed by atoms with E-state index in [1.165, 1.54) is 12.8 Å². The van der Waals surface area contributed by atoms with Crippen molar-refractivity contribution in [2.45, 2.75) is 26.3 Å². The van der Waals surface area contributed by atoms with Crippen molar-refractivity contribution in [3.8, 4) is 0 Å². The highest BCUT2D eigenvalue weighted by molar-refractivity contribution is 6.01. The lowest BCUT2D eigenvalue weighted by Crippen LogP contribution is -2.12. The Balaban J connectivity index is 1.65. The van der Waals surface area contributed by atoms with Gasteiger partial charge in [-0.05, 0) is 25.7 Å². The van der Waals surface area contributed by atoms with E-state index in [0.717, 1.165) is 6.54 Å². The van der Waals surface area contributed by atoms with Gasteiger partial charge in [-0.1, -0.05) is 10.4 Å². The van der Waals surface area contributed by atoms with Crippen LogP contribution >= 0.6 is 0 Å². The molecular weight excluding hydrogens is 234 g/mol. The van der Waals surface area contributed by atoms with Crippen molar-refractivity contribution in [1.29, 1.82) is 0 Å². The minimum absolute atomic E-state index is 0.288. The molecule has 1 aliphatic rings. The van der Waals surface area contributed by atoms with Crippen LogP contribution in [0.1, 0.15) is 29.1 Å². The van der Waals surface area contributed by atoms with Gasteiger partial charge >= 0.3 is 0 Å². The van der Waals surface area contributed by atoms with Gasteiger partial charge < -0.3 is 9.84 Å². The Hall–Kier alpha value is -2.18. The summed E-state index contributed by atoms with van der Waals surface area (Å²) in [5.74, 6) is 1.39. The minimum Gasteiger partial charge on any atom is -0.360 e. The molecule has 0 atom stereocenters. The first-order valence-corrected chi connectivity index (χ1v) is 5.85. The molecule has 0 aromatic carbocycles. The van der Waals surface area contributed by atoms with Crippen LogP contribution in [0.2, 0.25) is 0 Å². The third-order valence-electron chi connectivity index (χ3n) is 2.78. The van der Waals surface area contributed by atoms with Crippen LogP contribution in [0.5, 0.6) is 0 Å². The number of carbonyl (C=O) groups excluding carboxylic acids is 1. The highest BCUT2D eigenvalue weighted by Crippen LogP contribution is 2.30. The highest BCUT2D eigenvalue weighted by Gasteiger charge is 2.23. The van der Waals surface area contributed by atoms with Gasteiger partial charge in [0.2, 0.25) is 0 Å². The predicted octanol–water partition coefficient (Wildman–Crippen LogP) is 1.24. The van der Waals surface area contributed by atoms with Crippen LogP contribution < -0.4 is 5.32 Å². The molecule has 0 unspecified atom stereocenters. The third kappa shape index (κ3) is 2.39. The summed E-state index contributed by atoms with van der Waals surface area (Å²) in [5, 5.41) is 14.1. The summed E-state index contributed by atoms with van der Waals surface area (Å²) in [4.78, 5) is 11.8. The lowest BCUT2D eigenvalue weighted by molar-refractivity contribution is 0.102. The smallest absolute Gasteiger partial charge is 0.279 e. The van der Waals surface area contributed by atoms with E-state index in [-0.39, 0.29) is 11.6 Å². The molecule has 1 fully saturated rings. The summed E-state index contributed by atoms with van der Waals surface area (Å²) in [6.07, 6.45) is 4.12. The number of hydrogen-bond donors (Lipinski definition) is 1. The molecule has 94 valence electrons. The molecule has 2 heterocycles. The molecule has 3 rings (SSSR count). The summed E-state index contributed by atoms with van der Waals surface area (Å²) >= 11 is 0. The summed E-state index contributed by atoms with van der Waals surface area (Å²) in [7, 11) is 0. The second kappa shape index (κ2) is 4.25. The van der Waals surface area contributed by atoms with Gasteiger partial charge in [0.25, 0.3) is 5.91 Å². The first-order chi connectivity index (χ1) is 8.70. The van der Waals surface area contributed by atoms with Gasteiger partial charge in [0, 0.05) is 12.6 Å². The second-order valence-corrected chi connectivity index (χ2v) is 4.55. The fraction of sp³-hybridized carbons (Fsp3) is 0.455. The Morgan fingerprint density at radius 3 is 3.11 bits per heavy atom. The van der Waals surface area contributed by atoms with Crippen molar-refractivity contribution >= 4 is 11.7 Å². The number of aryl methyl sites for hydroxylation is 1. The first-order valence-electron chi connectivity index (χ1n) is 5.85. The first kappa shape index (κ1) is 10.9. The molecule has 7 nitrogen and oxygen atoms in total. The van der Waals surface area contributed by atoms with Crippen molar-refractivity contribution < 1.29 is 9.32 Å². The predicted molar refractivity (Wildman–Crippen MR) is 61.9 cm³/mol. The molecule has 18 heavy (non-hydrogen) atoms. The largest absolute Gasteiger partial charge is 0.360 e. The molecule has 0 spiro atoms. The van der Waals surface area contributed by atoms with Crippen LogP contribution in [0, 0.1) is 12.8 Å². The molecular formula is C11H13N5O2. The fourth-order valence-corrected chi connectivity index (χ4v) is 1.66. The molecule has 1 N–H and O–H groups in total. The monoisotopic (exact) mass is 247 g/mol. The number of nitrogens with zero attached hydrogens (tertiary/aromatic N) is 4. The minimum atomic E-state index is -0.328. The normalized spacial score (nSPS) is 14.7. The van der Waals surface area contributed by atoms with E-state index in [9.17, 15) is 4.79 Å². The number of anilines is 1. The van der Waals surface area contributed by atoms with Gasteiger partial charge in [-0.25, -0.2) is 0 Å². The van der Waals surface area contributed by atoms with E-state index in [2.05, 4.69) is 20.8 Å². The lowest BCUT2D eigenvalue weighted by atomic mass is 10.4. The summed E-state index contributed by atoms with van der Waals surface area (Å²) in [6.45, 7) is 2.60. The molecule has 0 aliphatic heterocycles. The van der Waals surface area contributed by atoms with E-state index < -0.39 is 0 Å². The molecule has 2 aromatic heterocycles. The number of hydrogen-bond acceptors (Lipinski definition) is 5. The molecule has 0 radical (unpaired) electrons. The highest BCUT2D eigenvalue weighted by atomic mass is 16.5. The van der Waals surface area contributed by atoms with Crippen molar-refractivity contribution in [1.82, 2.24) is 20.2 Å². The van der Waals surface area contributed by atoms with Crippen LogP contribution in [0.3, 0.4) is 0 Å². The van der Waals surface area contributed by atoms with E-state index >= 15 is 0 Å². The zero-order chi connectivity index (χ0) is 12.5. The van der Waals surface area contributed by atoms with Crippen LogP contribution in [0.4, 0.5) is 5.82 Å². The maximum absolute atomic E-state index is 11.8. The third-order valence-corrected chi connectivity index (χ3v) is 2.78. The van der Waals surface area contributed by atoms with Gasteiger partial charge in [0.15, 0.2) is 11.5 Å². The molecule has 1 aliphatic carbocycles. The lowest BCUT2D eigenvalue weighted by Gasteiger charge is -1.96. The van der Waals surface area contributed by atoms with Gasteiger partial charge in [-0.2, -0.15) is 0 Å².